The summed E-state index contributed by atoms with van der Waals surface area (Å²) in [6.07, 6.45) is 0. The Morgan fingerprint density at radius 2 is 1.77 bits per heavy atom. The minimum atomic E-state index is -4.59. The first-order valence-corrected chi connectivity index (χ1v) is 4.35. The van der Waals surface area contributed by atoms with Gasteiger partial charge in [0.25, 0.3) is 0 Å². The third-order valence-corrected chi connectivity index (χ3v) is 2.12. The summed E-state index contributed by atoms with van der Waals surface area (Å²) in [5.74, 6) is 0. The zero-order valence-electron chi connectivity index (χ0n) is 6.80. The van der Waals surface area contributed by atoms with Crippen molar-refractivity contribution in [3.63, 3.8) is 0 Å². The Bertz CT molecular complexity index is 403. The normalized spacial score (nSPS) is 10.2. The third kappa shape index (κ3) is 3.17. The monoisotopic (exact) mass is 209 g/mol. The second kappa shape index (κ2) is 4.83. The van der Waals surface area contributed by atoms with Crippen LogP contribution >= 0.6 is 0 Å². The molecular weight excluding hydrogens is 205 g/mol. The van der Waals surface area contributed by atoms with Crippen molar-refractivity contribution in [3.8, 4) is 0 Å². The molecule has 64 valence electrons. The number of nitrogens with zero attached hydrogens (tertiary/aromatic N) is 1. The number of hydrogen-bond acceptors (Lipinski definition) is 5. The van der Waals surface area contributed by atoms with E-state index >= 15 is 0 Å². The van der Waals surface area contributed by atoms with Crippen LogP contribution in [0.25, 0.3) is 0 Å². The molecule has 1 aromatic carbocycles. The van der Waals surface area contributed by atoms with Gasteiger partial charge in [0.05, 0.1) is 4.90 Å². The van der Waals surface area contributed by atoms with Gasteiger partial charge < -0.3 is 4.55 Å². The Morgan fingerprint density at radius 3 is 2.15 bits per heavy atom. The van der Waals surface area contributed by atoms with Gasteiger partial charge in [-0.15, -0.1) is 4.91 Å². The van der Waals surface area contributed by atoms with Crippen LogP contribution in [-0.2, 0) is 10.1 Å². The van der Waals surface area contributed by atoms with Crippen LogP contribution in [0.3, 0.4) is 0 Å². The fourth-order valence-electron chi connectivity index (χ4n) is 0.744. The standard InChI is InChI=1S/C6H5NO4S.Na/c8-7-5-3-1-2-4-6(5)12(9,10)11;/h1-4H,(H,9,10,11);/q;+1/p-1. The van der Waals surface area contributed by atoms with Gasteiger partial charge in [-0.25, -0.2) is 8.42 Å². The average molecular weight is 209 g/mol. The zero-order chi connectivity index (χ0) is 9.19. The van der Waals surface area contributed by atoms with Gasteiger partial charge in [0, 0.05) is 0 Å². The quantitative estimate of drug-likeness (QED) is 0.320. The van der Waals surface area contributed by atoms with E-state index in [-0.39, 0.29) is 35.2 Å². The van der Waals surface area contributed by atoms with E-state index in [2.05, 4.69) is 5.18 Å². The van der Waals surface area contributed by atoms with Crippen molar-refractivity contribution in [2.24, 2.45) is 5.18 Å². The van der Waals surface area contributed by atoms with Crippen molar-refractivity contribution in [2.75, 3.05) is 0 Å². The topological polar surface area (TPSA) is 86.6 Å². The molecule has 0 saturated heterocycles. The molecule has 13 heavy (non-hydrogen) atoms. The number of nitroso groups, excluding NO2 is 1. The molecule has 0 aromatic heterocycles. The van der Waals surface area contributed by atoms with E-state index in [9.17, 15) is 17.9 Å². The van der Waals surface area contributed by atoms with Gasteiger partial charge in [-0.1, -0.05) is 12.1 Å². The van der Waals surface area contributed by atoms with E-state index in [1.807, 2.05) is 0 Å². The predicted octanol–water partition coefficient (Wildman–Crippen LogP) is -2.01. The predicted molar refractivity (Wildman–Crippen MR) is 39.9 cm³/mol. The number of rotatable bonds is 2. The van der Waals surface area contributed by atoms with Crippen LogP contribution in [0.2, 0.25) is 0 Å². The molecule has 0 aliphatic rings. The molecule has 0 spiro atoms. The summed E-state index contributed by atoms with van der Waals surface area (Å²) in [7, 11) is -4.59. The summed E-state index contributed by atoms with van der Waals surface area (Å²) in [5, 5.41) is 2.41. The molecule has 0 amide bonds. The van der Waals surface area contributed by atoms with Gasteiger partial charge in [-0.3, -0.25) is 0 Å². The molecular formula is C6H4NNaO4S. The van der Waals surface area contributed by atoms with Crippen molar-refractivity contribution in [1.82, 2.24) is 0 Å². The summed E-state index contributed by atoms with van der Waals surface area (Å²) in [6.45, 7) is 0. The Balaban J connectivity index is 0.00000144. The Kier molecular flexibility index (Phi) is 4.72. The molecule has 0 unspecified atom stereocenters. The molecule has 0 atom stereocenters. The van der Waals surface area contributed by atoms with Crippen LogP contribution in [0.1, 0.15) is 0 Å². The van der Waals surface area contributed by atoms with E-state index in [4.69, 9.17) is 0 Å². The van der Waals surface area contributed by atoms with Crippen LogP contribution in [0.5, 0.6) is 0 Å². The molecule has 5 nitrogen and oxygen atoms in total. The maximum Gasteiger partial charge on any atom is 1.00 e. The molecule has 7 heteroatoms. The van der Waals surface area contributed by atoms with Crippen LogP contribution < -0.4 is 29.6 Å². The second-order valence-corrected chi connectivity index (χ2v) is 3.36. The minimum absolute atomic E-state index is 0. The van der Waals surface area contributed by atoms with Crippen molar-refractivity contribution < 1.29 is 42.5 Å². The number of hydrogen-bond donors (Lipinski definition) is 0. The molecule has 0 aliphatic heterocycles. The van der Waals surface area contributed by atoms with Gasteiger partial charge in [-0.2, -0.15) is 0 Å². The molecule has 0 N–H and O–H groups in total. The molecule has 0 bridgehead atoms. The molecule has 0 heterocycles. The Labute approximate surface area is 97.2 Å². The Morgan fingerprint density at radius 1 is 1.23 bits per heavy atom. The van der Waals surface area contributed by atoms with E-state index < -0.39 is 15.0 Å². The van der Waals surface area contributed by atoms with Crippen molar-refractivity contribution in [3.05, 3.63) is 29.2 Å². The van der Waals surface area contributed by atoms with Crippen molar-refractivity contribution in [2.45, 2.75) is 4.90 Å². The van der Waals surface area contributed by atoms with Gasteiger partial charge in [-0.05, 0) is 17.3 Å². The summed E-state index contributed by atoms with van der Waals surface area (Å²) in [4.78, 5) is 9.44. The van der Waals surface area contributed by atoms with Gasteiger partial charge in [0.1, 0.15) is 15.8 Å². The largest absolute Gasteiger partial charge is 1.00 e. The Hall–Kier alpha value is -0.270. The second-order valence-electron chi connectivity index (χ2n) is 2.01. The summed E-state index contributed by atoms with van der Waals surface area (Å²) >= 11 is 0. The molecule has 0 saturated carbocycles. The number of benzene rings is 1. The summed E-state index contributed by atoms with van der Waals surface area (Å²) in [5.41, 5.74) is -0.354. The fourth-order valence-corrected chi connectivity index (χ4v) is 1.35. The molecule has 1 aromatic rings. The maximum absolute atomic E-state index is 10.5. The smallest absolute Gasteiger partial charge is 0.744 e. The molecule has 0 radical (unpaired) electrons. The molecule has 1 rings (SSSR count). The van der Waals surface area contributed by atoms with Gasteiger partial charge in [0.15, 0.2) is 0 Å². The van der Waals surface area contributed by atoms with E-state index in [1.54, 1.807) is 0 Å². The third-order valence-electron chi connectivity index (χ3n) is 1.23. The average Bonchev–Trinajstić information content (AvgIpc) is 2.03. The summed E-state index contributed by atoms with van der Waals surface area (Å²) in [6, 6.07) is 4.97. The maximum atomic E-state index is 10.5. The van der Waals surface area contributed by atoms with Gasteiger partial charge >= 0.3 is 29.6 Å². The molecule has 0 aliphatic carbocycles. The zero-order valence-corrected chi connectivity index (χ0v) is 9.61. The first-order valence-electron chi connectivity index (χ1n) is 2.94. The summed E-state index contributed by atoms with van der Waals surface area (Å²) < 4.78 is 31.4. The first kappa shape index (κ1) is 12.7. The van der Waals surface area contributed by atoms with Crippen LogP contribution in [0.15, 0.2) is 34.3 Å². The SMILES string of the molecule is O=Nc1ccccc1S(=O)(=O)[O-].[Na+]. The fraction of sp³-hybridized carbons (Fsp3) is 0. The van der Waals surface area contributed by atoms with Crippen LogP contribution in [0.4, 0.5) is 5.69 Å². The van der Waals surface area contributed by atoms with E-state index in [1.165, 1.54) is 12.1 Å². The van der Waals surface area contributed by atoms with Crippen LogP contribution in [-0.4, -0.2) is 13.0 Å². The van der Waals surface area contributed by atoms with Crippen LogP contribution in [0, 0.1) is 4.91 Å². The van der Waals surface area contributed by atoms with E-state index in [0.29, 0.717) is 0 Å². The van der Waals surface area contributed by atoms with Crippen molar-refractivity contribution in [1.29, 1.82) is 0 Å². The van der Waals surface area contributed by atoms with E-state index in [0.717, 1.165) is 12.1 Å². The van der Waals surface area contributed by atoms with Crippen molar-refractivity contribution >= 4 is 15.8 Å². The first-order chi connectivity index (χ1) is 5.55. The minimum Gasteiger partial charge on any atom is -0.744 e. The van der Waals surface area contributed by atoms with Gasteiger partial charge in [0.2, 0.25) is 0 Å². The molecule has 0 fully saturated rings.